The summed E-state index contributed by atoms with van der Waals surface area (Å²) in [4.78, 5) is 2.61. The molecule has 0 radical (unpaired) electrons. The van der Waals surface area contributed by atoms with Crippen LogP contribution in [-0.4, -0.2) is 0 Å². The molecule has 0 N–H and O–H groups in total. The van der Waals surface area contributed by atoms with Crippen molar-refractivity contribution in [2.24, 2.45) is 0 Å². The lowest BCUT2D eigenvalue weighted by Crippen LogP contribution is -2.26. The summed E-state index contributed by atoms with van der Waals surface area (Å²) in [6, 6.07) is 82.7. The van der Waals surface area contributed by atoms with E-state index in [1.54, 1.807) is 0 Å². The topological polar surface area (TPSA) is 3.24 Å². The highest BCUT2D eigenvalue weighted by molar-refractivity contribution is 6.02. The minimum absolute atomic E-state index is 0.00274. The fraction of sp³-hybridized carbons (Fsp3) is 0.221. The zero-order valence-electron chi connectivity index (χ0n) is 46.5. The summed E-state index contributed by atoms with van der Waals surface area (Å²) >= 11 is 0. The van der Waals surface area contributed by atoms with Crippen molar-refractivity contribution < 1.29 is 0 Å². The van der Waals surface area contributed by atoms with Gasteiger partial charge in [-0.15, -0.1) is 0 Å². The fourth-order valence-corrected chi connectivity index (χ4v) is 15.7. The summed E-state index contributed by atoms with van der Waals surface area (Å²) in [5.41, 5.74) is 32.8. The molecule has 1 nitrogen and oxygen atoms in total. The van der Waals surface area contributed by atoms with Crippen molar-refractivity contribution in [2.45, 2.75) is 108 Å². The van der Waals surface area contributed by atoms with E-state index in [-0.39, 0.29) is 21.7 Å². The highest BCUT2D eigenvalue weighted by atomic mass is 15.1. The monoisotopic (exact) mass is 1010 g/mol. The molecular weight excluding hydrogens is 939 g/mol. The van der Waals surface area contributed by atoms with Gasteiger partial charge in [-0.2, -0.15) is 0 Å². The van der Waals surface area contributed by atoms with E-state index in [0.29, 0.717) is 0 Å². The first-order valence-electron chi connectivity index (χ1n) is 28.7. The molecule has 0 bridgehead atoms. The van der Waals surface area contributed by atoms with Crippen LogP contribution < -0.4 is 4.90 Å². The number of nitrogens with zero attached hydrogens (tertiary/aromatic N) is 1. The summed E-state index contributed by atoms with van der Waals surface area (Å²) in [5, 5.41) is 0. The van der Waals surface area contributed by atoms with Gasteiger partial charge in [0.25, 0.3) is 0 Å². The number of benzene rings is 10. The lowest BCUT2D eigenvalue weighted by molar-refractivity contribution is 0.550. The van der Waals surface area contributed by atoms with Gasteiger partial charge in [-0.25, -0.2) is 0 Å². The van der Waals surface area contributed by atoms with Crippen LogP contribution in [0.25, 0.3) is 66.8 Å². The molecule has 5 aliphatic carbocycles. The van der Waals surface area contributed by atoms with Gasteiger partial charge in [0.15, 0.2) is 0 Å². The van der Waals surface area contributed by atoms with Crippen molar-refractivity contribution in [3.8, 4) is 66.8 Å². The van der Waals surface area contributed by atoms with Gasteiger partial charge in [0, 0.05) is 27.8 Å². The van der Waals surface area contributed by atoms with E-state index >= 15 is 0 Å². The molecule has 78 heavy (non-hydrogen) atoms. The molecule has 5 aliphatic rings. The number of anilines is 3. The third kappa shape index (κ3) is 6.42. The Morgan fingerprint density at radius 3 is 1.46 bits per heavy atom. The summed E-state index contributed by atoms with van der Waals surface area (Å²) < 4.78 is 0. The standard InChI is InChI=1S/C77H67N/c1-73(2,3)49-35-41-66-61(45-49)62-46-50(74(4,5)6)36-42-67(62)77(66)65-30-16-13-25-60(65)71-68(77)31-20-32-70(71)78(52-39-40-57-55-23-12-15-29-64(55)76(69(57)47-52)43-17-18-44-76)51-37-33-48(34-38-51)53-21-9-10-22-54(53)58-26-19-27-59-56-24-11-14-28-63(56)75(7,8)72(58)59/h9-16,19-42,45-47H,17-18,43-44H2,1-8H3. The average Bonchev–Trinajstić information content (AvgIpc) is 3.31. The molecule has 0 unspecified atom stereocenters. The van der Waals surface area contributed by atoms with Gasteiger partial charge in [-0.1, -0.05) is 250 Å². The average molecular weight is 1010 g/mol. The van der Waals surface area contributed by atoms with Crippen LogP contribution in [0.1, 0.15) is 137 Å². The number of hydrogen-bond donors (Lipinski definition) is 0. The number of fused-ring (bicyclic) bond motifs is 18. The van der Waals surface area contributed by atoms with Crippen LogP contribution in [0.3, 0.4) is 0 Å². The van der Waals surface area contributed by atoms with E-state index in [1.165, 1.54) is 159 Å². The summed E-state index contributed by atoms with van der Waals surface area (Å²) in [5.74, 6) is 0. The summed E-state index contributed by atoms with van der Waals surface area (Å²) in [7, 11) is 0. The minimum Gasteiger partial charge on any atom is -0.310 e. The van der Waals surface area contributed by atoms with Gasteiger partial charge in [0.05, 0.1) is 11.1 Å². The predicted octanol–water partition coefficient (Wildman–Crippen LogP) is 20.6. The Labute approximate surface area is 462 Å². The van der Waals surface area contributed by atoms with Gasteiger partial charge in [0.1, 0.15) is 0 Å². The van der Waals surface area contributed by atoms with E-state index in [0.717, 1.165) is 5.69 Å². The molecule has 0 heterocycles. The summed E-state index contributed by atoms with van der Waals surface area (Å²) in [6.45, 7) is 18.9. The lowest BCUT2D eigenvalue weighted by Gasteiger charge is -2.33. The van der Waals surface area contributed by atoms with Gasteiger partial charge < -0.3 is 4.90 Å². The maximum absolute atomic E-state index is 2.61. The first kappa shape index (κ1) is 47.2. The molecule has 10 aromatic carbocycles. The molecule has 1 heteroatoms. The highest BCUT2D eigenvalue weighted by Gasteiger charge is 2.53. The van der Waals surface area contributed by atoms with E-state index in [2.05, 4.69) is 273 Å². The van der Waals surface area contributed by atoms with Crippen LogP contribution in [-0.2, 0) is 27.1 Å². The van der Waals surface area contributed by atoms with Crippen molar-refractivity contribution in [3.05, 3.63) is 268 Å². The van der Waals surface area contributed by atoms with Gasteiger partial charge >= 0.3 is 0 Å². The zero-order valence-corrected chi connectivity index (χ0v) is 46.5. The largest absolute Gasteiger partial charge is 0.310 e. The van der Waals surface area contributed by atoms with Crippen LogP contribution in [0.5, 0.6) is 0 Å². The Kier molecular flexibility index (Phi) is 10.00. The molecule has 0 amide bonds. The van der Waals surface area contributed by atoms with Crippen molar-refractivity contribution >= 4 is 17.1 Å². The molecule has 15 rings (SSSR count). The molecule has 1 fully saturated rings. The van der Waals surface area contributed by atoms with Crippen LogP contribution in [0, 0.1) is 0 Å². The van der Waals surface area contributed by atoms with Crippen molar-refractivity contribution in [3.63, 3.8) is 0 Å². The van der Waals surface area contributed by atoms with Crippen LogP contribution in [0.2, 0.25) is 0 Å². The van der Waals surface area contributed by atoms with Crippen LogP contribution in [0.4, 0.5) is 17.1 Å². The first-order chi connectivity index (χ1) is 37.7. The molecular formula is C77H67N. The maximum atomic E-state index is 2.61. The Morgan fingerprint density at radius 2 is 0.821 bits per heavy atom. The van der Waals surface area contributed by atoms with Crippen LogP contribution in [0.15, 0.2) is 212 Å². The quantitative estimate of drug-likeness (QED) is 0.166. The smallest absolute Gasteiger partial charge is 0.0726 e. The van der Waals surface area contributed by atoms with E-state index < -0.39 is 5.41 Å². The Balaban J connectivity index is 0.947. The Bertz CT molecular complexity index is 4080. The second-order valence-corrected chi connectivity index (χ2v) is 25.9. The molecule has 380 valence electrons. The molecule has 1 saturated carbocycles. The second kappa shape index (κ2) is 16.5. The number of rotatable bonds is 5. The summed E-state index contributed by atoms with van der Waals surface area (Å²) in [6.07, 6.45) is 4.88. The number of hydrogen-bond acceptors (Lipinski definition) is 1. The molecule has 0 aromatic heterocycles. The molecule has 0 atom stereocenters. The van der Waals surface area contributed by atoms with E-state index in [4.69, 9.17) is 0 Å². The van der Waals surface area contributed by atoms with Crippen LogP contribution >= 0.6 is 0 Å². The molecule has 2 spiro atoms. The molecule has 10 aromatic rings. The van der Waals surface area contributed by atoms with Gasteiger partial charge in [-0.05, 0) is 171 Å². The van der Waals surface area contributed by atoms with Gasteiger partial charge in [0.2, 0.25) is 0 Å². The van der Waals surface area contributed by atoms with Gasteiger partial charge in [-0.3, -0.25) is 0 Å². The minimum atomic E-state index is -0.500. The fourth-order valence-electron chi connectivity index (χ4n) is 15.7. The molecule has 0 aliphatic heterocycles. The van der Waals surface area contributed by atoms with E-state index in [9.17, 15) is 0 Å². The first-order valence-corrected chi connectivity index (χ1v) is 28.7. The lowest BCUT2D eigenvalue weighted by atomic mass is 9.70. The Hall–Kier alpha value is -8.00. The highest BCUT2D eigenvalue weighted by Crippen LogP contribution is 2.66. The van der Waals surface area contributed by atoms with E-state index in [1.807, 2.05) is 0 Å². The Morgan fingerprint density at radius 1 is 0.346 bits per heavy atom. The SMILES string of the molecule is CC(C)(C)c1ccc2c(c1)-c1cc(C(C)(C)C)ccc1C21c2ccccc2-c2c(N(c3ccc(-c4ccccc4-c4cccc5c4C(C)(C)c4ccccc4-5)cc3)c3ccc4c(c3)C3(CCCC3)c3ccccc3-4)cccc21. The normalized spacial score (nSPS) is 16.1. The zero-order chi connectivity index (χ0) is 53.1. The maximum Gasteiger partial charge on any atom is 0.0726 e. The second-order valence-electron chi connectivity index (χ2n) is 25.9. The van der Waals surface area contributed by atoms with Crippen molar-refractivity contribution in [2.75, 3.05) is 4.90 Å². The predicted molar refractivity (Wildman–Crippen MR) is 328 cm³/mol. The van der Waals surface area contributed by atoms with Crippen molar-refractivity contribution in [1.29, 1.82) is 0 Å². The third-order valence-electron chi connectivity index (χ3n) is 19.4. The third-order valence-corrected chi connectivity index (χ3v) is 19.4. The van der Waals surface area contributed by atoms with Crippen molar-refractivity contribution in [1.82, 2.24) is 0 Å². The molecule has 0 saturated heterocycles.